The normalized spacial score (nSPS) is 16.0. The SMILES string of the molecule is OCCCN(Cc1ccc(F)c(Br)c1)C1CCC1. The summed E-state index contributed by atoms with van der Waals surface area (Å²) in [6.45, 7) is 1.98. The van der Waals surface area contributed by atoms with Crippen molar-refractivity contribution in [1.82, 2.24) is 4.90 Å². The van der Waals surface area contributed by atoms with E-state index >= 15 is 0 Å². The van der Waals surface area contributed by atoms with Gasteiger partial charge in [-0.2, -0.15) is 0 Å². The molecular weight excluding hydrogens is 297 g/mol. The first-order valence-electron chi connectivity index (χ1n) is 6.49. The third kappa shape index (κ3) is 3.53. The van der Waals surface area contributed by atoms with Gasteiger partial charge in [0.2, 0.25) is 0 Å². The van der Waals surface area contributed by atoms with E-state index in [9.17, 15) is 4.39 Å². The Morgan fingerprint density at radius 3 is 2.72 bits per heavy atom. The van der Waals surface area contributed by atoms with Crippen LogP contribution in [0.15, 0.2) is 22.7 Å². The Labute approximate surface area is 116 Å². The maximum atomic E-state index is 13.2. The molecule has 1 fully saturated rings. The molecule has 1 aromatic carbocycles. The summed E-state index contributed by atoms with van der Waals surface area (Å²) < 4.78 is 13.7. The van der Waals surface area contributed by atoms with Crippen LogP contribution < -0.4 is 0 Å². The standard InChI is InChI=1S/C14H19BrFNO/c15-13-9-11(5-6-14(13)16)10-17(7-2-8-18)12-3-1-4-12/h5-6,9,12,18H,1-4,7-8,10H2. The van der Waals surface area contributed by atoms with Crippen molar-refractivity contribution in [2.45, 2.75) is 38.3 Å². The molecule has 0 heterocycles. The highest BCUT2D eigenvalue weighted by atomic mass is 79.9. The quantitative estimate of drug-likeness (QED) is 0.870. The van der Waals surface area contributed by atoms with Gasteiger partial charge in [-0.25, -0.2) is 4.39 Å². The first-order valence-corrected chi connectivity index (χ1v) is 7.29. The van der Waals surface area contributed by atoms with Crippen molar-refractivity contribution in [3.63, 3.8) is 0 Å². The van der Waals surface area contributed by atoms with Crippen molar-refractivity contribution in [1.29, 1.82) is 0 Å². The molecule has 1 saturated carbocycles. The number of rotatable bonds is 6. The number of halogens is 2. The zero-order valence-corrected chi connectivity index (χ0v) is 12.0. The minimum atomic E-state index is -0.218. The molecule has 0 aliphatic heterocycles. The van der Waals surface area contributed by atoms with Crippen molar-refractivity contribution >= 4 is 15.9 Å². The fraction of sp³-hybridized carbons (Fsp3) is 0.571. The van der Waals surface area contributed by atoms with E-state index < -0.39 is 0 Å². The third-order valence-corrected chi connectivity index (χ3v) is 4.17. The highest BCUT2D eigenvalue weighted by Gasteiger charge is 2.24. The van der Waals surface area contributed by atoms with Crippen molar-refractivity contribution in [2.75, 3.05) is 13.2 Å². The predicted molar refractivity (Wildman–Crippen MR) is 73.9 cm³/mol. The summed E-state index contributed by atoms with van der Waals surface area (Å²) in [6, 6.07) is 5.83. The fourth-order valence-electron chi connectivity index (χ4n) is 2.29. The molecule has 0 spiro atoms. The summed E-state index contributed by atoms with van der Waals surface area (Å²) in [5, 5.41) is 8.95. The summed E-state index contributed by atoms with van der Waals surface area (Å²) in [6.07, 6.45) is 4.59. The number of aliphatic hydroxyl groups is 1. The summed E-state index contributed by atoms with van der Waals surface area (Å²) in [7, 11) is 0. The summed E-state index contributed by atoms with van der Waals surface area (Å²) >= 11 is 3.22. The van der Waals surface area contributed by atoms with E-state index in [1.54, 1.807) is 0 Å². The zero-order chi connectivity index (χ0) is 13.0. The minimum absolute atomic E-state index is 0.218. The van der Waals surface area contributed by atoms with Crippen LogP contribution in [0.25, 0.3) is 0 Å². The minimum Gasteiger partial charge on any atom is -0.396 e. The van der Waals surface area contributed by atoms with E-state index in [2.05, 4.69) is 20.8 Å². The average Bonchev–Trinajstić information content (AvgIpc) is 2.28. The molecule has 0 radical (unpaired) electrons. The molecule has 4 heteroatoms. The van der Waals surface area contributed by atoms with E-state index in [4.69, 9.17) is 5.11 Å². The van der Waals surface area contributed by atoms with Crippen LogP contribution in [0.5, 0.6) is 0 Å². The van der Waals surface area contributed by atoms with Crippen LogP contribution in [0.4, 0.5) is 4.39 Å². The molecule has 2 rings (SSSR count). The Bertz CT molecular complexity index is 395. The largest absolute Gasteiger partial charge is 0.396 e. The lowest BCUT2D eigenvalue weighted by atomic mass is 9.91. The van der Waals surface area contributed by atoms with E-state index in [1.807, 2.05) is 12.1 Å². The molecule has 1 aliphatic rings. The van der Waals surface area contributed by atoms with Gasteiger partial charge < -0.3 is 5.11 Å². The number of hydrogen-bond acceptors (Lipinski definition) is 2. The molecule has 0 saturated heterocycles. The topological polar surface area (TPSA) is 23.5 Å². The molecule has 1 aliphatic carbocycles. The van der Waals surface area contributed by atoms with Crippen molar-refractivity contribution < 1.29 is 9.50 Å². The number of benzene rings is 1. The molecule has 1 aromatic rings. The van der Waals surface area contributed by atoms with Crippen molar-refractivity contribution in [3.05, 3.63) is 34.1 Å². The number of hydrogen-bond donors (Lipinski definition) is 1. The van der Waals surface area contributed by atoms with Gasteiger partial charge >= 0.3 is 0 Å². The van der Waals surface area contributed by atoms with Crippen LogP contribution in [0.1, 0.15) is 31.2 Å². The van der Waals surface area contributed by atoms with Gasteiger partial charge in [0.15, 0.2) is 0 Å². The van der Waals surface area contributed by atoms with Gasteiger partial charge in [-0.15, -0.1) is 0 Å². The van der Waals surface area contributed by atoms with E-state index in [0.717, 1.165) is 25.1 Å². The van der Waals surface area contributed by atoms with Crippen LogP contribution in [-0.2, 0) is 6.54 Å². The maximum Gasteiger partial charge on any atom is 0.137 e. The second-order valence-corrected chi connectivity index (χ2v) is 5.74. The molecular formula is C14H19BrFNO. The first kappa shape index (κ1) is 14.0. The first-order chi connectivity index (χ1) is 8.70. The van der Waals surface area contributed by atoms with Gasteiger partial charge in [-0.05, 0) is 52.9 Å². The van der Waals surface area contributed by atoms with E-state index in [1.165, 1.54) is 25.3 Å². The van der Waals surface area contributed by atoms with Gasteiger partial charge in [0.1, 0.15) is 5.82 Å². The van der Waals surface area contributed by atoms with Crippen LogP contribution in [-0.4, -0.2) is 29.2 Å². The maximum absolute atomic E-state index is 13.2. The Hall–Kier alpha value is -0.450. The van der Waals surface area contributed by atoms with E-state index in [0.29, 0.717) is 10.5 Å². The zero-order valence-electron chi connectivity index (χ0n) is 10.4. The molecule has 1 N–H and O–H groups in total. The van der Waals surface area contributed by atoms with Crippen LogP contribution in [0, 0.1) is 5.82 Å². The Balaban J connectivity index is 1.99. The number of nitrogens with zero attached hydrogens (tertiary/aromatic N) is 1. The molecule has 0 aromatic heterocycles. The van der Waals surface area contributed by atoms with Crippen LogP contribution >= 0.6 is 15.9 Å². The Morgan fingerprint density at radius 2 is 2.17 bits per heavy atom. The molecule has 2 nitrogen and oxygen atoms in total. The molecule has 0 atom stereocenters. The smallest absolute Gasteiger partial charge is 0.137 e. The lowest BCUT2D eigenvalue weighted by Crippen LogP contribution is -2.40. The highest BCUT2D eigenvalue weighted by molar-refractivity contribution is 9.10. The van der Waals surface area contributed by atoms with Gasteiger partial charge in [0.05, 0.1) is 4.47 Å². The molecule has 18 heavy (non-hydrogen) atoms. The van der Waals surface area contributed by atoms with Gasteiger partial charge in [-0.3, -0.25) is 4.90 Å². The van der Waals surface area contributed by atoms with Crippen LogP contribution in [0.2, 0.25) is 0 Å². The number of aliphatic hydroxyl groups excluding tert-OH is 1. The van der Waals surface area contributed by atoms with Crippen LogP contribution in [0.3, 0.4) is 0 Å². The Kier molecular flexibility index (Phi) is 5.15. The Morgan fingerprint density at radius 1 is 1.39 bits per heavy atom. The fourth-order valence-corrected chi connectivity index (χ4v) is 2.72. The van der Waals surface area contributed by atoms with Gasteiger partial charge in [-0.1, -0.05) is 12.5 Å². The summed E-state index contributed by atoms with van der Waals surface area (Å²) in [5.74, 6) is -0.218. The summed E-state index contributed by atoms with van der Waals surface area (Å²) in [5.41, 5.74) is 1.12. The molecule has 0 unspecified atom stereocenters. The lowest BCUT2D eigenvalue weighted by molar-refractivity contribution is 0.109. The highest BCUT2D eigenvalue weighted by Crippen LogP contribution is 2.27. The molecule has 0 amide bonds. The lowest BCUT2D eigenvalue weighted by Gasteiger charge is -2.37. The second-order valence-electron chi connectivity index (χ2n) is 4.88. The van der Waals surface area contributed by atoms with E-state index in [-0.39, 0.29) is 12.4 Å². The predicted octanol–water partition coefficient (Wildman–Crippen LogP) is 3.33. The second kappa shape index (κ2) is 6.64. The monoisotopic (exact) mass is 315 g/mol. The van der Waals surface area contributed by atoms with Crippen molar-refractivity contribution in [3.8, 4) is 0 Å². The molecule has 100 valence electrons. The molecule has 0 bridgehead atoms. The summed E-state index contributed by atoms with van der Waals surface area (Å²) in [4.78, 5) is 2.40. The average molecular weight is 316 g/mol. The van der Waals surface area contributed by atoms with Gasteiger partial charge in [0.25, 0.3) is 0 Å². The van der Waals surface area contributed by atoms with Gasteiger partial charge in [0, 0.05) is 25.7 Å². The third-order valence-electron chi connectivity index (χ3n) is 3.56. The van der Waals surface area contributed by atoms with Crippen molar-refractivity contribution in [2.24, 2.45) is 0 Å².